The predicted octanol–water partition coefficient (Wildman–Crippen LogP) is 0.875. The van der Waals surface area contributed by atoms with Crippen LogP contribution < -0.4 is 0 Å². The van der Waals surface area contributed by atoms with Crippen LogP contribution in [0.4, 0.5) is 18.0 Å². The molecule has 4 nitrogen and oxygen atoms in total. The first-order valence-corrected chi connectivity index (χ1v) is 4.48. The zero-order valence-electron chi connectivity index (χ0n) is 7.96. The Labute approximate surface area is 84.6 Å². The third kappa shape index (κ3) is 3.41. The van der Waals surface area contributed by atoms with Gasteiger partial charge in [0.2, 0.25) is 0 Å². The summed E-state index contributed by atoms with van der Waals surface area (Å²) >= 11 is 0. The van der Waals surface area contributed by atoms with Crippen LogP contribution in [-0.4, -0.2) is 54.5 Å². The molecule has 0 unspecified atom stereocenters. The molecule has 0 N–H and O–H groups in total. The summed E-state index contributed by atoms with van der Waals surface area (Å²) in [6.07, 6.45) is -3.57. The highest BCUT2D eigenvalue weighted by Gasteiger charge is 2.37. The Bertz CT molecular complexity index is 255. The maximum Gasteiger partial charge on any atom is 0.406 e. The number of halogens is 3. The maximum atomic E-state index is 12.0. The summed E-state index contributed by atoms with van der Waals surface area (Å²) < 4.78 is 36.0. The lowest BCUT2D eigenvalue weighted by atomic mass is 10.4. The highest BCUT2D eigenvalue weighted by Crippen LogP contribution is 2.19. The van der Waals surface area contributed by atoms with Crippen molar-refractivity contribution in [2.75, 3.05) is 26.2 Å². The van der Waals surface area contributed by atoms with Crippen LogP contribution in [0, 0.1) is 0 Å². The first-order chi connectivity index (χ1) is 6.94. The lowest BCUT2D eigenvalue weighted by Gasteiger charge is -2.19. The van der Waals surface area contributed by atoms with Crippen molar-refractivity contribution in [1.29, 1.82) is 0 Å². The van der Waals surface area contributed by atoms with Gasteiger partial charge < -0.3 is 14.6 Å². The molecule has 0 atom stereocenters. The van der Waals surface area contributed by atoms with Gasteiger partial charge in [-0.05, 0) is 0 Å². The summed E-state index contributed by atoms with van der Waals surface area (Å²) in [6, 6.07) is -0.644. The Morgan fingerprint density at radius 2 is 1.87 bits per heavy atom. The molecule has 0 aromatic carbocycles. The Balaban J connectivity index is 2.45. The molecule has 1 fully saturated rings. The van der Waals surface area contributed by atoms with E-state index in [1.165, 1.54) is 4.90 Å². The van der Waals surface area contributed by atoms with Crippen molar-refractivity contribution in [2.45, 2.75) is 12.6 Å². The summed E-state index contributed by atoms with van der Waals surface area (Å²) in [5.74, 6) is 0. The molecular weight excluding hydrogens is 213 g/mol. The molecule has 86 valence electrons. The van der Waals surface area contributed by atoms with Gasteiger partial charge in [0, 0.05) is 26.1 Å². The van der Waals surface area contributed by atoms with Gasteiger partial charge in [-0.1, -0.05) is 0 Å². The number of amides is 2. The number of carbonyl (C=O) groups is 2. The highest BCUT2D eigenvalue weighted by atomic mass is 19.4. The van der Waals surface area contributed by atoms with E-state index in [0.717, 1.165) is 4.90 Å². The zero-order chi connectivity index (χ0) is 11.5. The molecule has 0 saturated carbocycles. The van der Waals surface area contributed by atoms with Gasteiger partial charge in [-0.3, -0.25) is 0 Å². The lowest BCUT2D eigenvalue weighted by molar-refractivity contribution is -0.138. The normalized spacial score (nSPS) is 17.4. The smallest absolute Gasteiger partial charge is 0.322 e. The van der Waals surface area contributed by atoms with Gasteiger partial charge >= 0.3 is 12.2 Å². The van der Waals surface area contributed by atoms with E-state index in [1.54, 1.807) is 0 Å². The number of urea groups is 1. The van der Waals surface area contributed by atoms with Crippen molar-refractivity contribution >= 4 is 12.3 Å². The largest absolute Gasteiger partial charge is 0.406 e. The fourth-order valence-electron chi connectivity index (χ4n) is 1.41. The summed E-state index contributed by atoms with van der Waals surface area (Å²) in [5, 5.41) is 0. The van der Waals surface area contributed by atoms with Gasteiger partial charge in [-0.2, -0.15) is 13.2 Å². The minimum absolute atomic E-state index is 0.0667. The molecule has 1 heterocycles. The number of aldehydes is 1. The third-order valence-electron chi connectivity index (χ3n) is 2.07. The lowest BCUT2D eigenvalue weighted by Crippen LogP contribution is -2.38. The number of alkyl halides is 3. The van der Waals surface area contributed by atoms with E-state index >= 15 is 0 Å². The number of nitrogens with zero attached hydrogens (tertiary/aromatic N) is 2. The van der Waals surface area contributed by atoms with Gasteiger partial charge in [0.25, 0.3) is 0 Å². The maximum absolute atomic E-state index is 12.0. The average molecular weight is 224 g/mol. The van der Waals surface area contributed by atoms with Crippen LogP contribution in [0.15, 0.2) is 0 Å². The monoisotopic (exact) mass is 224 g/mol. The molecular formula is C8H11F3N2O2. The second kappa shape index (κ2) is 4.50. The summed E-state index contributed by atoms with van der Waals surface area (Å²) in [6.45, 7) is -0.708. The van der Waals surface area contributed by atoms with Gasteiger partial charge in [0.05, 0.1) is 0 Å². The summed E-state index contributed by atoms with van der Waals surface area (Å²) in [7, 11) is 0. The van der Waals surface area contributed by atoms with E-state index in [2.05, 4.69) is 0 Å². The third-order valence-corrected chi connectivity index (χ3v) is 2.07. The highest BCUT2D eigenvalue weighted by molar-refractivity contribution is 5.76. The molecule has 2 amide bonds. The van der Waals surface area contributed by atoms with Gasteiger partial charge in [0.15, 0.2) is 0 Å². The fraction of sp³-hybridized carbons (Fsp3) is 0.750. The second-order valence-corrected chi connectivity index (χ2v) is 3.26. The first kappa shape index (κ1) is 11.8. The van der Waals surface area contributed by atoms with Crippen LogP contribution in [0.1, 0.15) is 6.42 Å². The van der Waals surface area contributed by atoms with E-state index in [4.69, 9.17) is 0 Å². The van der Waals surface area contributed by atoms with Crippen LogP contribution in [0.3, 0.4) is 0 Å². The van der Waals surface area contributed by atoms with E-state index < -0.39 is 18.8 Å². The zero-order valence-corrected chi connectivity index (χ0v) is 7.96. The first-order valence-electron chi connectivity index (χ1n) is 4.48. The molecule has 0 aromatic heterocycles. The second-order valence-electron chi connectivity index (χ2n) is 3.26. The van der Waals surface area contributed by atoms with E-state index in [-0.39, 0.29) is 26.1 Å². The molecule has 0 radical (unpaired) electrons. The number of hydrogen-bond acceptors (Lipinski definition) is 2. The van der Waals surface area contributed by atoms with Crippen LogP contribution in [0.2, 0.25) is 0 Å². The molecule has 1 rings (SSSR count). The van der Waals surface area contributed by atoms with Crippen molar-refractivity contribution in [3.05, 3.63) is 0 Å². The Kier molecular flexibility index (Phi) is 3.54. The standard InChI is InChI=1S/C8H11F3N2O2/c9-8(10,11)6-13-4-3-12(7(13)15)2-1-5-14/h5H,1-4,6H2. The SMILES string of the molecule is O=CCCN1CCN(CC(F)(F)F)C1=O. The summed E-state index contributed by atoms with van der Waals surface area (Å²) in [4.78, 5) is 23.4. The van der Waals surface area contributed by atoms with Crippen LogP contribution in [0.5, 0.6) is 0 Å². The molecule has 0 bridgehead atoms. The van der Waals surface area contributed by atoms with Crippen LogP contribution in [-0.2, 0) is 4.79 Å². The molecule has 1 aliphatic heterocycles. The van der Waals surface area contributed by atoms with Crippen molar-refractivity contribution in [3.8, 4) is 0 Å². The van der Waals surface area contributed by atoms with Crippen LogP contribution in [0.25, 0.3) is 0 Å². The fourth-order valence-corrected chi connectivity index (χ4v) is 1.41. The molecule has 0 aromatic rings. The van der Waals surface area contributed by atoms with Gasteiger partial charge in [-0.25, -0.2) is 4.79 Å². The molecule has 1 saturated heterocycles. The predicted molar refractivity (Wildman–Crippen MR) is 45.3 cm³/mol. The molecule has 0 aliphatic carbocycles. The van der Waals surface area contributed by atoms with E-state index in [9.17, 15) is 22.8 Å². The summed E-state index contributed by atoms with van der Waals surface area (Å²) in [5.41, 5.74) is 0. The van der Waals surface area contributed by atoms with Crippen molar-refractivity contribution in [1.82, 2.24) is 9.80 Å². The number of hydrogen-bond donors (Lipinski definition) is 0. The Hall–Kier alpha value is -1.27. The quantitative estimate of drug-likeness (QED) is 0.665. The van der Waals surface area contributed by atoms with Crippen molar-refractivity contribution in [3.63, 3.8) is 0 Å². The van der Waals surface area contributed by atoms with E-state index in [1.807, 2.05) is 0 Å². The molecule has 1 aliphatic rings. The van der Waals surface area contributed by atoms with Crippen molar-refractivity contribution < 1.29 is 22.8 Å². The molecule has 0 spiro atoms. The minimum atomic E-state index is -4.36. The molecule has 7 heteroatoms. The van der Waals surface area contributed by atoms with Gasteiger partial charge in [0.1, 0.15) is 12.8 Å². The van der Waals surface area contributed by atoms with E-state index in [0.29, 0.717) is 6.29 Å². The van der Waals surface area contributed by atoms with Crippen LogP contribution >= 0.6 is 0 Å². The Morgan fingerprint density at radius 1 is 1.27 bits per heavy atom. The topological polar surface area (TPSA) is 40.6 Å². The van der Waals surface area contributed by atoms with Gasteiger partial charge in [-0.15, -0.1) is 0 Å². The minimum Gasteiger partial charge on any atom is -0.322 e. The number of rotatable bonds is 4. The Morgan fingerprint density at radius 3 is 2.40 bits per heavy atom. The molecule has 15 heavy (non-hydrogen) atoms. The number of carbonyl (C=O) groups excluding carboxylic acids is 2. The average Bonchev–Trinajstić information content (AvgIpc) is 2.43. The van der Waals surface area contributed by atoms with Crippen molar-refractivity contribution in [2.24, 2.45) is 0 Å².